The maximum Gasteiger partial charge on any atom is 0.141 e. The molecule has 0 aliphatic heterocycles. The lowest BCUT2D eigenvalue weighted by Crippen LogP contribution is -2.22. The van der Waals surface area contributed by atoms with E-state index in [0.717, 1.165) is 17.8 Å². The van der Waals surface area contributed by atoms with E-state index in [1.807, 2.05) is 24.0 Å². The lowest BCUT2D eigenvalue weighted by Gasteiger charge is -2.23. The maximum atomic E-state index is 13.3. The highest BCUT2D eigenvalue weighted by atomic mass is 19.1. The van der Waals surface area contributed by atoms with E-state index in [0.29, 0.717) is 12.2 Å². The highest BCUT2D eigenvalue weighted by Crippen LogP contribution is 2.18. The van der Waals surface area contributed by atoms with Gasteiger partial charge in [-0.15, -0.1) is 0 Å². The fraction of sp³-hybridized carbons (Fsp3) is 0.200. The van der Waals surface area contributed by atoms with Crippen LogP contribution < -0.4 is 10.6 Å². The number of rotatable bonds is 5. The summed E-state index contributed by atoms with van der Waals surface area (Å²) in [4.78, 5) is 6.07. The van der Waals surface area contributed by atoms with Crippen molar-refractivity contribution < 1.29 is 4.39 Å². The molecule has 1 aromatic heterocycles. The predicted molar refractivity (Wildman–Crippen MR) is 78.4 cm³/mol. The van der Waals surface area contributed by atoms with Gasteiger partial charge in [-0.25, -0.2) is 4.39 Å². The summed E-state index contributed by atoms with van der Waals surface area (Å²) >= 11 is 0. The first-order chi connectivity index (χ1) is 9.60. The van der Waals surface area contributed by atoms with Crippen LogP contribution in [0, 0.1) is 11.2 Å². The minimum absolute atomic E-state index is 0.0549. The van der Waals surface area contributed by atoms with Crippen molar-refractivity contribution in [3.05, 3.63) is 59.7 Å². The number of nitrogens with one attached hydrogen (secondary N) is 1. The van der Waals surface area contributed by atoms with Gasteiger partial charge in [-0.3, -0.25) is 10.4 Å². The first kappa shape index (κ1) is 14.0. The highest BCUT2D eigenvalue weighted by molar-refractivity contribution is 5.93. The maximum absolute atomic E-state index is 13.3. The zero-order chi connectivity index (χ0) is 14.5. The molecule has 4 nitrogen and oxygen atoms in total. The predicted octanol–water partition coefficient (Wildman–Crippen LogP) is 2.53. The zero-order valence-corrected chi connectivity index (χ0v) is 11.3. The Hall–Kier alpha value is -2.43. The summed E-state index contributed by atoms with van der Waals surface area (Å²) in [6, 6.07) is 10.2. The number of benzene rings is 1. The number of halogens is 1. The second-order valence-corrected chi connectivity index (χ2v) is 4.46. The molecule has 0 spiro atoms. The largest absolute Gasteiger partial charge is 0.382 e. The molecule has 0 atom stereocenters. The molecule has 0 saturated carbocycles. The van der Waals surface area contributed by atoms with Gasteiger partial charge in [0.05, 0.1) is 0 Å². The number of aromatic nitrogens is 1. The molecule has 0 aliphatic carbocycles. The van der Waals surface area contributed by atoms with E-state index in [-0.39, 0.29) is 11.7 Å². The summed E-state index contributed by atoms with van der Waals surface area (Å²) in [5, 5.41) is 7.40. The van der Waals surface area contributed by atoms with Crippen molar-refractivity contribution in [2.24, 2.45) is 5.73 Å². The molecule has 0 unspecified atom stereocenters. The van der Waals surface area contributed by atoms with Gasteiger partial charge in [0.25, 0.3) is 0 Å². The molecule has 0 amide bonds. The van der Waals surface area contributed by atoms with Crippen LogP contribution in [0.3, 0.4) is 0 Å². The third kappa shape index (κ3) is 3.32. The molecule has 0 saturated heterocycles. The summed E-state index contributed by atoms with van der Waals surface area (Å²) in [6.45, 7) is 3.38. The number of hydrogen-bond acceptors (Lipinski definition) is 3. The summed E-state index contributed by atoms with van der Waals surface area (Å²) in [6.07, 6.45) is 1.63. The Morgan fingerprint density at radius 2 is 2.15 bits per heavy atom. The molecule has 20 heavy (non-hydrogen) atoms. The summed E-state index contributed by atoms with van der Waals surface area (Å²) in [7, 11) is 0. The second-order valence-electron chi connectivity index (χ2n) is 4.46. The normalized spacial score (nSPS) is 10.3. The van der Waals surface area contributed by atoms with Gasteiger partial charge in [-0.05, 0) is 42.8 Å². The molecule has 0 bridgehead atoms. The average molecular weight is 272 g/mol. The Bertz CT molecular complexity index is 612. The number of anilines is 1. The van der Waals surface area contributed by atoms with Crippen LogP contribution in [0.2, 0.25) is 0 Å². The average Bonchev–Trinajstić information content (AvgIpc) is 2.45. The van der Waals surface area contributed by atoms with Gasteiger partial charge >= 0.3 is 0 Å². The van der Waals surface area contributed by atoms with Crippen LogP contribution in [0.5, 0.6) is 0 Å². The number of nitrogens with zero attached hydrogens (tertiary/aromatic N) is 2. The number of amidine groups is 1. The van der Waals surface area contributed by atoms with Gasteiger partial charge in [0, 0.05) is 25.0 Å². The third-order valence-electron chi connectivity index (χ3n) is 3.03. The molecule has 0 aliphatic rings. The third-order valence-corrected chi connectivity index (χ3v) is 3.03. The monoisotopic (exact) mass is 272 g/mol. The van der Waals surface area contributed by atoms with Crippen LogP contribution in [0.25, 0.3) is 0 Å². The van der Waals surface area contributed by atoms with Crippen LogP contribution in [-0.4, -0.2) is 17.4 Å². The molecule has 1 heterocycles. The van der Waals surface area contributed by atoms with Crippen molar-refractivity contribution in [3.63, 3.8) is 0 Å². The molecule has 104 valence electrons. The quantitative estimate of drug-likeness (QED) is 0.649. The van der Waals surface area contributed by atoms with Crippen LogP contribution in [-0.2, 0) is 6.54 Å². The SMILES string of the molecule is CCN(Cc1ccnc(C(=N)N)c1)c1cccc(F)c1. The first-order valence-corrected chi connectivity index (χ1v) is 6.40. The van der Waals surface area contributed by atoms with Crippen molar-refractivity contribution in [1.29, 1.82) is 5.41 Å². The van der Waals surface area contributed by atoms with Crippen LogP contribution >= 0.6 is 0 Å². The van der Waals surface area contributed by atoms with Crippen molar-refractivity contribution in [2.45, 2.75) is 13.5 Å². The van der Waals surface area contributed by atoms with Crippen molar-refractivity contribution in [2.75, 3.05) is 11.4 Å². The smallest absolute Gasteiger partial charge is 0.141 e. The second kappa shape index (κ2) is 6.14. The Morgan fingerprint density at radius 3 is 2.80 bits per heavy atom. The minimum atomic E-state index is -0.250. The van der Waals surface area contributed by atoms with Crippen molar-refractivity contribution in [3.8, 4) is 0 Å². The fourth-order valence-electron chi connectivity index (χ4n) is 2.00. The molecule has 0 fully saturated rings. The number of nitrogen functional groups attached to an aromatic ring is 1. The molecule has 3 N–H and O–H groups in total. The van der Waals surface area contributed by atoms with Crippen LogP contribution in [0.1, 0.15) is 18.2 Å². The van der Waals surface area contributed by atoms with E-state index < -0.39 is 0 Å². The molecule has 2 aromatic rings. The Balaban J connectivity index is 2.22. The Morgan fingerprint density at radius 1 is 1.35 bits per heavy atom. The van der Waals surface area contributed by atoms with Gasteiger partial charge < -0.3 is 10.6 Å². The Kier molecular flexibility index (Phi) is 4.30. The van der Waals surface area contributed by atoms with E-state index >= 15 is 0 Å². The van der Waals surface area contributed by atoms with E-state index in [1.165, 1.54) is 12.1 Å². The summed E-state index contributed by atoms with van der Waals surface area (Å²) < 4.78 is 13.3. The molecule has 0 radical (unpaired) electrons. The lowest BCUT2D eigenvalue weighted by atomic mass is 10.2. The summed E-state index contributed by atoms with van der Waals surface area (Å²) in [5.74, 6) is -0.305. The van der Waals surface area contributed by atoms with Gasteiger partial charge in [0.1, 0.15) is 17.3 Å². The minimum Gasteiger partial charge on any atom is -0.382 e. The van der Waals surface area contributed by atoms with E-state index in [2.05, 4.69) is 4.98 Å². The number of nitrogens with two attached hydrogens (primary N) is 1. The first-order valence-electron chi connectivity index (χ1n) is 6.40. The fourth-order valence-corrected chi connectivity index (χ4v) is 2.00. The lowest BCUT2D eigenvalue weighted by molar-refractivity contribution is 0.626. The molecular weight excluding hydrogens is 255 g/mol. The molecule has 1 aromatic carbocycles. The molecule has 5 heteroatoms. The molecular formula is C15H17FN4. The Labute approximate surface area is 117 Å². The topological polar surface area (TPSA) is 66.0 Å². The van der Waals surface area contributed by atoms with E-state index in [1.54, 1.807) is 18.3 Å². The van der Waals surface area contributed by atoms with Crippen molar-refractivity contribution >= 4 is 11.5 Å². The van der Waals surface area contributed by atoms with Crippen molar-refractivity contribution in [1.82, 2.24) is 4.98 Å². The zero-order valence-electron chi connectivity index (χ0n) is 11.3. The van der Waals surface area contributed by atoms with E-state index in [9.17, 15) is 4.39 Å². The van der Waals surface area contributed by atoms with E-state index in [4.69, 9.17) is 11.1 Å². The van der Waals surface area contributed by atoms with Gasteiger partial charge in [0.2, 0.25) is 0 Å². The van der Waals surface area contributed by atoms with Crippen LogP contribution in [0.4, 0.5) is 10.1 Å². The van der Waals surface area contributed by atoms with Gasteiger partial charge in [0.15, 0.2) is 0 Å². The van der Waals surface area contributed by atoms with Gasteiger partial charge in [-0.2, -0.15) is 0 Å². The molecule has 2 rings (SSSR count). The summed E-state index contributed by atoms with van der Waals surface area (Å²) in [5.41, 5.74) is 7.70. The standard InChI is InChI=1S/C15H17FN4/c1-2-20(13-5-3-4-12(16)9-13)10-11-6-7-19-14(8-11)15(17)18/h3-9H,2,10H2,1H3,(H3,17,18). The van der Waals surface area contributed by atoms with Gasteiger partial charge in [-0.1, -0.05) is 6.07 Å². The highest BCUT2D eigenvalue weighted by Gasteiger charge is 2.07. The number of hydrogen-bond donors (Lipinski definition) is 2. The number of pyridine rings is 1. The van der Waals surface area contributed by atoms with Crippen LogP contribution in [0.15, 0.2) is 42.6 Å².